The Hall–Kier alpha value is -2.59. The van der Waals surface area contributed by atoms with Crippen molar-refractivity contribution in [1.82, 2.24) is 25.3 Å². The topological polar surface area (TPSA) is 89.4 Å². The standard InChI is InChI=1S/C24H29N7OS/c1-24(2,3)22-28-19(13-33-22)31-20-18(21(32)30(31)17-6-7-17)12-26-23(29-20)27-16-5-4-14-8-9-25-11-15(14)10-16/h4-5,10,12-13,17,21,25,32H,6-9,11H2,1-3H3,(H,26,27,29). The number of aliphatic hydroxyl groups is 1. The fourth-order valence-electron chi connectivity index (χ4n) is 4.48. The van der Waals surface area contributed by atoms with Gasteiger partial charge in [0.15, 0.2) is 17.9 Å². The van der Waals surface area contributed by atoms with Crippen LogP contribution in [0.2, 0.25) is 0 Å². The molecule has 0 radical (unpaired) electrons. The second-order valence-electron chi connectivity index (χ2n) is 10.1. The summed E-state index contributed by atoms with van der Waals surface area (Å²) < 4.78 is 0. The first-order valence-corrected chi connectivity index (χ1v) is 12.5. The first-order valence-electron chi connectivity index (χ1n) is 11.6. The first kappa shape index (κ1) is 21.0. The molecule has 1 unspecified atom stereocenters. The number of rotatable bonds is 4. The molecule has 0 spiro atoms. The molecule has 2 aliphatic heterocycles. The van der Waals surface area contributed by atoms with Gasteiger partial charge in [0.2, 0.25) is 5.95 Å². The zero-order chi connectivity index (χ0) is 22.7. The van der Waals surface area contributed by atoms with E-state index in [2.05, 4.69) is 60.0 Å². The average Bonchev–Trinajstić information content (AvgIpc) is 3.42. The van der Waals surface area contributed by atoms with E-state index in [9.17, 15) is 5.11 Å². The Morgan fingerprint density at radius 2 is 2.03 bits per heavy atom. The largest absolute Gasteiger partial charge is 0.372 e. The van der Waals surface area contributed by atoms with Crippen molar-refractivity contribution in [2.75, 3.05) is 16.9 Å². The summed E-state index contributed by atoms with van der Waals surface area (Å²) >= 11 is 1.65. The van der Waals surface area contributed by atoms with Crippen LogP contribution in [0.4, 0.5) is 23.3 Å². The third kappa shape index (κ3) is 3.78. The minimum absolute atomic E-state index is 0.0335. The monoisotopic (exact) mass is 463 g/mol. The maximum atomic E-state index is 11.1. The van der Waals surface area contributed by atoms with Crippen molar-refractivity contribution >= 4 is 34.6 Å². The Morgan fingerprint density at radius 3 is 2.79 bits per heavy atom. The number of thiazole rings is 1. The molecule has 0 bridgehead atoms. The maximum absolute atomic E-state index is 11.1. The van der Waals surface area contributed by atoms with E-state index in [1.807, 2.05) is 10.0 Å². The van der Waals surface area contributed by atoms with Crippen molar-refractivity contribution in [3.05, 3.63) is 51.5 Å². The lowest BCUT2D eigenvalue weighted by Crippen LogP contribution is -2.38. The molecule has 0 saturated heterocycles. The normalized spacial score (nSPS) is 20.6. The zero-order valence-corrected chi connectivity index (χ0v) is 20.0. The number of hydrazine groups is 1. The molecule has 1 saturated carbocycles. The number of aromatic nitrogens is 3. The van der Waals surface area contributed by atoms with Crippen LogP contribution >= 0.6 is 11.3 Å². The van der Waals surface area contributed by atoms with E-state index in [0.29, 0.717) is 23.4 Å². The van der Waals surface area contributed by atoms with Crippen LogP contribution < -0.4 is 15.6 Å². The van der Waals surface area contributed by atoms with Gasteiger partial charge >= 0.3 is 0 Å². The number of anilines is 4. The Balaban J connectivity index is 1.35. The number of nitrogens with one attached hydrogen (secondary N) is 2. The van der Waals surface area contributed by atoms with Crippen molar-refractivity contribution in [3.8, 4) is 0 Å². The Labute approximate surface area is 197 Å². The van der Waals surface area contributed by atoms with E-state index in [1.54, 1.807) is 17.5 Å². The third-order valence-electron chi connectivity index (χ3n) is 6.38. The lowest BCUT2D eigenvalue weighted by Gasteiger charge is -2.29. The number of fused-ring (bicyclic) bond motifs is 2. The molecule has 172 valence electrons. The summed E-state index contributed by atoms with van der Waals surface area (Å²) in [6.45, 7) is 8.40. The van der Waals surface area contributed by atoms with Gasteiger partial charge in [-0.1, -0.05) is 26.8 Å². The highest BCUT2D eigenvalue weighted by atomic mass is 32.1. The lowest BCUT2D eigenvalue weighted by molar-refractivity contribution is 0.0101. The predicted molar refractivity (Wildman–Crippen MR) is 130 cm³/mol. The molecule has 3 N–H and O–H groups in total. The molecule has 1 aromatic carbocycles. The van der Waals surface area contributed by atoms with Crippen LogP contribution in [0.5, 0.6) is 0 Å². The summed E-state index contributed by atoms with van der Waals surface area (Å²) in [5.74, 6) is 2.01. The van der Waals surface area contributed by atoms with Crippen molar-refractivity contribution in [1.29, 1.82) is 0 Å². The quantitative estimate of drug-likeness (QED) is 0.532. The lowest BCUT2D eigenvalue weighted by atomic mass is 9.98. The molecule has 33 heavy (non-hydrogen) atoms. The number of hydrogen-bond donors (Lipinski definition) is 3. The van der Waals surface area contributed by atoms with Gasteiger partial charge in [0, 0.05) is 35.3 Å². The highest BCUT2D eigenvalue weighted by molar-refractivity contribution is 7.10. The van der Waals surface area contributed by atoms with E-state index in [4.69, 9.17) is 9.97 Å². The SMILES string of the molecule is CC(C)(C)c1nc(N2c3nc(Nc4ccc5c(c4)CNCC5)ncc3C(O)N2C2CC2)cs1. The minimum Gasteiger partial charge on any atom is -0.372 e. The molecule has 1 atom stereocenters. The molecular weight excluding hydrogens is 434 g/mol. The highest BCUT2D eigenvalue weighted by Crippen LogP contribution is 2.48. The molecule has 3 aromatic rings. The molecule has 9 heteroatoms. The molecule has 3 aliphatic rings. The van der Waals surface area contributed by atoms with Crippen LogP contribution in [0.25, 0.3) is 0 Å². The second kappa shape index (κ2) is 7.73. The average molecular weight is 464 g/mol. The molecule has 1 fully saturated rings. The number of aliphatic hydroxyl groups excluding tert-OH is 1. The van der Waals surface area contributed by atoms with Crippen molar-refractivity contribution < 1.29 is 5.11 Å². The smallest absolute Gasteiger partial charge is 0.229 e. The van der Waals surface area contributed by atoms with Crippen molar-refractivity contribution in [2.24, 2.45) is 0 Å². The molecule has 2 aromatic heterocycles. The van der Waals surface area contributed by atoms with Crippen LogP contribution in [0.15, 0.2) is 29.8 Å². The van der Waals surface area contributed by atoms with Gasteiger partial charge in [-0.25, -0.2) is 15.0 Å². The zero-order valence-electron chi connectivity index (χ0n) is 19.2. The van der Waals surface area contributed by atoms with E-state index in [0.717, 1.165) is 48.9 Å². The summed E-state index contributed by atoms with van der Waals surface area (Å²) in [4.78, 5) is 14.3. The van der Waals surface area contributed by atoms with Crippen molar-refractivity contribution in [3.63, 3.8) is 0 Å². The van der Waals surface area contributed by atoms with Gasteiger partial charge in [0.05, 0.1) is 5.56 Å². The fourth-order valence-corrected chi connectivity index (χ4v) is 5.35. The molecule has 4 heterocycles. The van der Waals surface area contributed by atoms with Crippen molar-refractivity contribution in [2.45, 2.75) is 64.3 Å². The molecule has 6 rings (SSSR count). The molecular formula is C24H29N7OS. The second-order valence-corrected chi connectivity index (χ2v) is 10.9. The van der Waals surface area contributed by atoms with E-state index >= 15 is 0 Å². The van der Waals surface area contributed by atoms with Gasteiger partial charge in [-0.2, -0.15) is 9.99 Å². The van der Waals surface area contributed by atoms with Crippen LogP contribution in [0, 0.1) is 0 Å². The van der Waals surface area contributed by atoms with Gasteiger partial charge in [0.25, 0.3) is 0 Å². The van der Waals surface area contributed by atoms with Crippen LogP contribution in [0.1, 0.15) is 61.5 Å². The fraction of sp³-hybridized carbons (Fsp3) is 0.458. The highest BCUT2D eigenvalue weighted by Gasteiger charge is 2.47. The van der Waals surface area contributed by atoms with Gasteiger partial charge in [0.1, 0.15) is 5.01 Å². The maximum Gasteiger partial charge on any atom is 0.229 e. The van der Waals surface area contributed by atoms with Crippen LogP contribution in [-0.4, -0.2) is 37.7 Å². The van der Waals surface area contributed by atoms with Gasteiger partial charge in [-0.15, -0.1) is 11.3 Å². The van der Waals surface area contributed by atoms with Crippen LogP contribution in [0.3, 0.4) is 0 Å². The number of nitrogens with zero attached hydrogens (tertiary/aromatic N) is 5. The first-order chi connectivity index (χ1) is 15.9. The summed E-state index contributed by atoms with van der Waals surface area (Å²) in [7, 11) is 0. The predicted octanol–water partition coefficient (Wildman–Crippen LogP) is 4.14. The van der Waals surface area contributed by atoms with Gasteiger partial charge in [-0.05, 0) is 49.1 Å². The Morgan fingerprint density at radius 1 is 1.18 bits per heavy atom. The molecule has 8 nitrogen and oxygen atoms in total. The summed E-state index contributed by atoms with van der Waals surface area (Å²) in [5, 5.41) is 25.0. The van der Waals surface area contributed by atoms with Crippen LogP contribution in [-0.2, 0) is 18.4 Å². The molecule has 1 aliphatic carbocycles. The van der Waals surface area contributed by atoms with Gasteiger partial charge in [-0.3, -0.25) is 0 Å². The van der Waals surface area contributed by atoms with E-state index in [1.165, 1.54) is 11.1 Å². The summed E-state index contributed by atoms with van der Waals surface area (Å²) in [5.41, 5.74) is 4.34. The number of hydrogen-bond acceptors (Lipinski definition) is 9. The Kier molecular flexibility index (Phi) is 4.91. The van der Waals surface area contributed by atoms with E-state index < -0.39 is 6.23 Å². The summed E-state index contributed by atoms with van der Waals surface area (Å²) in [6.07, 6.45) is 4.14. The third-order valence-corrected chi connectivity index (χ3v) is 7.63. The Bertz CT molecular complexity index is 1200. The number of benzene rings is 1. The van der Waals surface area contributed by atoms with E-state index in [-0.39, 0.29) is 5.41 Å². The van der Waals surface area contributed by atoms with Gasteiger partial charge < -0.3 is 15.7 Å². The summed E-state index contributed by atoms with van der Waals surface area (Å²) in [6, 6.07) is 6.72. The minimum atomic E-state index is -0.767. The molecule has 0 amide bonds.